The van der Waals surface area contributed by atoms with Crippen molar-refractivity contribution < 1.29 is 28.2 Å². The van der Waals surface area contributed by atoms with Crippen molar-refractivity contribution in [3.63, 3.8) is 0 Å². The second-order valence-electron chi connectivity index (χ2n) is 11.0. The van der Waals surface area contributed by atoms with E-state index in [4.69, 9.17) is 4.74 Å². The van der Waals surface area contributed by atoms with E-state index in [9.17, 15) is 23.9 Å². The molecule has 0 amide bonds. The second kappa shape index (κ2) is 11.9. The maximum atomic E-state index is 12.9. The van der Waals surface area contributed by atoms with Crippen LogP contribution >= 0.6 is 11.3 Å². The van der Waals surface area contributed by atoms with Gasteiger partial charge in [-0.05, 0) is 80.4 Å². The van der Waals surface area contributed by atoms with Gasteiger partial charge in [0.25, 0.3) is 0 Å². The molecule has 2 aromatic rings. The first-order valence-corrected chi connectivity index (χ1v) is 13.5. The maximum absolute atomic E-state index is 12.9. The van der Waals surface area contributed by atoms with Gasteiger partial charge in [-0.1, -0.05) is 27.7 Å². The van der Waals surface area contributed by atoms with Crippen LogP contribution in [-0.2, 0) is 16.0 Å². The first kappa shape index (κ1) is 29.0. The lowest BCUT2D eigenvalue weighted by Gasteiger charge is -2.36. The molecule has 6 nitrogen and oxygen atoms in total. The number of aromatic nitrogens is 1. The quantitative estimate of drug-likeness (QED) is 0.343. The van der Waals surface area contributed by atoms with E-state index < -0.39 is 18.2 Å². The number of aryl methyl sites for hydroxylation is 1. The molecule has 1 aliphatic rings. The van der Waals surface area contributed by atoms with Gasteiger partial charge >= 0.3 is 12.6 Å². The molecule has 1 saturated carbocycles. The van der Waals surface area contributed by atoms with Crippen molar-refractivity contribution in [1.82, 2.24) is 4.98 Å². The van der Waals surface area contributed by atoms with Crippen LogP contribution in [0.15, 0.2) is 24.4 Å². The van der Waals surface area contributed by atoms with Gasteiger partial charge in [0, 0.05) is 18.4 Å². The van der Waals surface area contributed by atoms with Crippen molar-refractivity contribution in [1.29, 1.82) is 5.26 Å². The van der Waals surface area contributed by atoms with Gasteiger partial charge in [-0.25, -0.2) is 9.78 Å². The van der Waals surface area contributed by atoms with E-state index >= 15 is 0 Å². The predicted octanol–water partition coefficient (Wildman–Crippen LogP) is 7.17. The molecule has 1 aromatic heterocycles. The SMILES string of the molecule is CCO[C@]1(C(=O)O)CC(CCc2ncc(-c3cc(C#N)ccc3OC(F)F)s2)C(C)C[C@H](C(C)(C)C)C1. The molecule has 37 heavy (non-hydrogen) atoms. The van der Waals surface area contributed by atoms with Crippen LogP contribution in [0.1, 0.15) is 70.9 Å². The fourth-order valence-electron chi connectivity index (χ4n) is 5.36. The number of rotatable bonds is 9. The number of carboxylic acids is 1. The fourth-order valence-corrected chi connectivity index (χ4v) is 6.31. The van der Waals surface area contributed by atoms with Crippen LogP contribution in [0.4, 0.5) is 8.78 Å². The highest BCUT2D eigenvalue weighted by Gasteiger charge is 2.49. The van der Waals surface area contributed by atoms with Gasteiger partial charge < -0.3 is 14.6 Å². The molecular formula is C28H36F2N2O4S. The van der Waals surface area contributed by atoms with Crippen LogP contribution in [0.25, 0.3) is 10.4 Å². The average Bonchev–Trinajstić information content (AvgIpc) is 3.23. The molecule has 1 aliphatic carbocycles. The molecule has 3 rings (SSSR count). The number of ether oxygens (including phenoxy) is 2. The monoisotopic (exact) mass is 534 g/mol. The van der Waals surface area contributed by atoms with E-state index in [-0.39, 0.29) is 23.0 Å². The predicted molar refractivity (Wildman–Crippen MR) is 139 cm³/mol. The van der Waals surface area contributed by atoms with Gasteiger partial charge in [-0.15, -0.1) is 11.3 Å². The highest BCUT2D eigenvalue weighted by molar-refractivity contribution is 7.15. The third-order valence-electron chi connectivity index (χ3n) is 7.54. The van der Waals surface area contributed by atoms with E-state index in [2.05, 4.69) is 37.4 Å². The van der Waals surface area contributed by atoms with Gasteiger partial charge in [0.05, 0.1) is 21.5 Å². The lowest BCUT2D eigenvalue weighted by molar-refractivity contribution is -0.171. The standard InChI is InChI=1S/C28H36F2N2O4S/c1-6-35-28(25(33)34)13-19(17(2)11-20(14-28)27(3,4)5)8-10-24-32-16-23(37-24)21-12-18(15-31)7-9-22(21)36-26(29)30/h7,9,12,16-17,19-20,26H,6,8,10-11,13-14H2,1-5H3,(H,33,34)/t17?,19?,20-,28+/m0/s1. The molecule has 2 unspecified atom stereocenters. The molecule has 0 aliphatic heterocycles. The van der Waals surface area contributed by atoms with E-state index in [1.807, 2.05) is 13.0 Å². The van der Waals surface area contributed by atoms with Crippen LogP contribution in [0.5, 0.6) is 5.75 Å². The number of hydrogen-bond donors (Lipinski definition) is 1. The summed E-state index contributed by atoms with van der Waals surface area (Å²) in [6.45, 7) is 7.87. The topological polar surface area (TPSA) is 92.4 Å². The molecular weight excluding hydrogens is 498 g/mol. The number of carboxylic acid groups (broad SMARTS) is 1. The number of halogens is 2. The molecule has 0 spiro atoms. The summed E-state index contributed by atoms with van der Waals surface area (Å²) in [5, 5.41) is 20.3. The number of carbonyl (C=O) groups is 1. The Morgan fingerprint density at radius 1 is 1.35 bits per heavy atom. The molecule has 1 heterocycles. The summed E-state index contributed by atoms with van der Waals surface area (Å²) in [6, 6.07) is 6.36. The molecule has 0 bridgehead atoms. The first-order valence-electron chi connectivity index (χ1n) is 12.7. The van der Waals surface area contributed by atoms with Crippen molar-refractivity contribution in [3.05, 3.63) is 35.0 Å². The molecule has 4 atom stereocenters. The summed E-state index contributed by atoms with van der Waals surface area (Å²) < 4.78 is 36.5. The highest BCUT2D eigenvalue weighted by Crippen LogP contribution is 2.47. The Morgan fingerprint density at radius 3 is 2.68 bits per heavy atom. The number of nitrogens with zero attached hydrogens (tertiary/aromatic N) is 2. The molecule has 202 valence electrons. The summed E-state index contributed by atoms with van der Waals surface area (Å²) in [4.78, 5) is 17.7. The van der Waals surface area contributed by atoms with Gasteiger partial charge in [0.2, 0.25) is 0 Å². The Balaban J connectivity index is 1.83. The Hall–Kier alpha value is -2.57. The van der Waals surface area contributed by atoms with Gasteiger partial charge in [-0.3, -0.25) is 0 Å². The molecule has 1 aromatic carbocycles. The zero-order valence-electron chi connectivity index (χ0n) is 22.1. The van der Waals surface area contributed by atoms with Crippen molar-refractivity contribution in [2.45, 2.75) is 78.9 Å². The Morgan fingerprint density at radius 2 is 2.08 bits per heavy atom. The van der Waals surface area contributed by atoms with Crippen molar-refractivity contribution >= 4 is 17.3 Å². The van der Waals surface area contributed by atoms with Gasteiger partial charge in [0.15, 0.2) is 5.60 Å². The minimum Gasteiger partial charge on any atom is -0.479 e. The summed E-state index contributed by atoms with van der Waals surface area (Å²) in [5.41, 5.74) is -0.510. The first-order chi connectivity index (χ1) is 17.4. The highest BCUT2D eigenvalue weighted by atomic mass is 32.1. The number of thiazole rings is 1. The molecule has 0 saturated heterocycles. The van der Waals surface area contributed by atoms with E-state index in [0.29, 0.717) is 47.8 Å². The third-order valence-corrected chi connectivity index (χ3v) is 8.63. The Labute approximate surface area is 221 Å². The van der Waals surface area contributed by atoms with E-state index in [1.165, 1.54) is 29.5 Å². The number of hydrogen-bond acceptors (Lipinski definition) is 6. The molecule has 9 heteroatoms. The molecule has 1 fully saturated rings. The van der Waals surface area contributed by atoms with Crippen LogP contribution in [0.3, 0.4) is 0 Å². The van der Waals surface area contributed by atoms with Crippen LogP contribution in [0.2, 0.25) is 0 Å². The number of alkyl halides is 2. The van der Waals surface area contributed by atoms with Crippen LogP contribution in [0, 0.1) is 34.5 Å². The summed E-state index contributed by atoms with van der Waals surface area (Å²) in [5.74, 6) is -0.256. The fraction of sp³-hybridized carbons (Fsp3) is 0.607. The van der Waals surface area contributed by atoms with Crippen LogP contribution < -0.4 is 4.74 Å². The van der Waals surface area contributed by atoms with Crippen molar-refractivity contribution in [2.24, 2.45) is 23.2 Å². The van der Waals surface area contributed by atoms with Gasteiger partial charge in [-0.2, -0.15) is 14.0 Å². The normalized spacial score (nSPS) is 24.5. The average molecular weight is 535 g/mol. The van der Waals surface area contributed by atoms with Crippen molar-refractivity contribution in [2.75, 3.05) is 6.61 Å². The summed E-state index contributed by atoms with van der Waals surface area (Å²) in [6.07, 6.45) is 4.84. The Kier molecular flexibility index (Phi) is 9.30. The lowest BCUT2D eigenvalue weighted by atomic mass is 9.72. The largest absolute Gasteiger partial charge is 0.479 e. The third kappa shape index (κ3) is 7.05. The summed E-state index contributed by atoms with van der Waals surface area (Å²) in [7, 11) is 0. The molecule has 1 N–H and O–H groups in total. The maximum Gasteiger partial charge on any atom is 0.387 e. The van der Waals surface area contributed by atoms with E-state index in [0.717, 1.165) is 17.8 Å². The second-order valence-corrected chi connectivity index (χ2v) is 12.2. The smallest absolute Gasteiger partial charge is 0.387 e. The molecule has 0 radical (unpaired) electrons. The van der Waals surface area contributed by atoms with E-state index in [1.54, 1.807) is 6.20 Å². The van der Waals surface area contributed by atoms with Gasteiger partial charge in [0.1, 0.15) is 5.75 Å². The minimum atomic E-state index is -2.98. The zero-order chi connectivity index (χ0) is 27.4. The number of aliphatic carboxylic acids is 1. The Bertz CT molecular complexity index is 1120. The summed E-state index contributed by atoms with van der Waals surface area (Å²) >= 11 is 1.37. The minimum absolute atomic E-state index is 0.00207. The number of nitriles is 1. The van der Waals surface area contributed by atoms with Crippen LogP contribution in [-0.4, -0.2) is 34.9 Å². The van der Waals surface area contributed by atoms with Crippen molar-refractivity contribution in [3.8, 4) is 22.3 Å². The number of benzene rings is 1. The lowest BCUT2D eigenvalue weighted by Crippen LogP contribution is -2.45. The zero-order valence-corrected chi connectivity index (χ0v) is 22.9.